The molecule has 0 aromatic heterocycles. The first-order chi connectivity index (χ1) is 11.7. The average Bonchev–Trinajstić information content (AvgIpc) is 2.60. The van der Waals surface area contributed by atoms with Crippen molar-refractivity contribution in [3.63, 3.8) is 0 Å². The van der Waals surface area contributed by atoms with E-state index in [1.807, 2.05) is 0 Å². The van der Waals surface area contributed by atoms with E-state index in [9.17, 15) is 9.59 Å². The van der Waals surface area contributed by atoms with Crippen LogP contribution < -0.4 is 0 Å². The summed E-state index contributed by atoms with van der Waals surface area (Å²) < 4.78 is 10.4. The van der Waals surface area contributed by atoms with E-state index in [1.165, 1.54) is 38.5 Å². The van der Waals surface area contributed by atoms with Crippen LogP contribution in [0.2, 0.25) is 0 Å². The summed E-state index contributed by atoms with van der Waals surface area (Å²) in [6.45, 7) is 6.11. The third-order valence-electron chi connectivity index (χ3n) is 4.60. The molecule has 0 bridgehead atoms. The number of rotatable bonds is 11. The molecule has 0 aromatic carbocycles. The third kappa shape index (κ3) is 8.55. The highest BCUT2D eigenvalue weighted by Crippen LogP contribution is 2.19. The van der Waals surface area contributed by atoms with Crippen molar-refractivity contribution in [1.29, 1.82) is 0 Å². The summed E-state index contributed by atoms with van der Waals surface area (Å²) in [6, 6.07) is 0. The van der Waals surface area contributed by atoms with Crippen LogP contribution >= 0.6 is 0 Å². The van der Waals surface area contributed by atoms with Crippen LogP contribution in [0, 0.1) is 5.92 Å². The fourth-order valence-electron chi connectivity index (χ4n) is 3.04. The number of ether oxygens (including phenoxy) is 2. The SMILES string of the molecule is CCCCCCCCCCOC(=O)C1CCN(C(=O)OCC)CC1. The van der Waals surface area contributed by atoms with E-state index in [0.717, 1.165) is 12.8 Å². The molecule has 0 atom stereocenters. The molecule has 1 fully saturated rings. The lowest BCUT2D eigenvalue weighted by molar-refractivity contribution is -0.150. The monoisotopic (exact) mass is 341 g/mol. The molecule has 24 heavy (non-hydrogen) atoms. The van der Waals surface area contributed by atoms with E-state index in [-0.39, 0.29) is 18.0 Å². The Hall–Kier alpha value is -1.26. The van der Waals surface area contributed by atoms with Crippen LogP contribution in [0.5, 0.6) is 0 Å². The molecule has 5 nitrogen and oxygen atoms in total. The van der Waals surface area contributed by atoms with Gasteiger partial charge in [0.2, 0.25) is 0 Å². The van der Waals surface area contributed by atoms with Gasteiger partial charge in [0, 0.05) is 13.1 Å². The van der Waals surface area contributed by atoms with Crippen LogP contribution in [0.15, 0.2) is 0 Å². The molecule has 0 N–H and O–H groups in total. The topological polar surface area (TPSA) is 55.8 Å². The predicted molar refractivity (Wildman–Crippen MR) is 94.9 cm³/mol. The quantitative estimate of drug-likeness (QED) is 0.409. The number of piperidine rings is 1. The molecule has 1 saturated heterocycles. The zero-order valence-corrected chi connectivity index (χ0v) is 15.6. The number of hydrogen-bond donors (Lipinski definition) is 0. The van der Waals surface area contributed by atoms with Crippen LogP contribution in [-0.4, -0.2) is 43.3 Å². The van der Waals surface area contributed by atoms with E-state index >= 15 is 0 Å². The molecule has 1 aliphatic rings. The summed E-state index contributed by atoms with van der Waals surface area (Å²) >= 11 is 0. The van der Waals surface area contributed by atoms with Crippen LogP contribution in [0.1, 0.15) is 78.1 Å². The van der Waals surface area contributed by atoms with Crippen LogP contribution in [0.25, 0.3) is 0 Å². The second-order valence-electron chi connectivity index (χ2n) is 6.60. The molecule has 0 spiro atoms. The summed E-state index contributed by atoms with van der Waals surface area (Å²) in [6.07, 6.45) is 11.0. The van der Waals surface area contributed by atoms with Gasteiger partial charge in [-0.05, 0) is 26.2 Å². The molecule has 0 radical (unpaired) electrons. The van der Waals surface area contributed by atoms with Crippen LogP contribution in [0.4, 0.5) is 4.79 Å². The number of hydrogen-bond acceptors (Lipinski definition) is 4. The molecule has 5 heteroatoms. The molecule has 1 amide bonds. The summed E-state index contributed by atoms with van der Waals surface area (Å²) in [5.41, 5.74) is 0. The first kappa shape index (κ1) is 20.8. The zero-order chi connectivity index (χ0) is 17.6. The number of likely N-dealkylation sites (tertiary alicyclic amines) is 1. The van der Waals surface area contributed by atoms with Gasteiger partial charge in [0.25, 0.3) is 0 Å². The van der Waals surface area contributed by atoms with E-state index in [4.69, 9.17) is 9.47 Å². The number of carbonyl (C=O) groups excluding carboxylic acids is 2. The van der Waals surface area contributed by atoms with Crippen molar-refractivity contribution >= 4 is 12.1 Å². The van der Waals surface area contributed by atoms with Crippen molar-refractivity contribution in [2.24, 2.45) is 5.92 Å². The molecule has 1 aliphatic heterocycles. The number of esters is 1. The van der Waals surface area contributed by atoms with Gasteiger partial charge in [0.1, 0.15) is 0 Å². The minimum Gasteiger partial charge on any atom is -0.465 e. The van der Waals surface area contributed by atoms with Crippen molar-refractivity contribution in [3.8, 4) is 0 Å². The second-order valence-corrected chi connectivity index (χ2v) is 6.60. The first-order valence-corrected chi connectivity index (χ1v) is 9.77. The van der Waals surface area contributed by atoms with Gasteiger partial charge in [-0.25, -0.2) is 4.79 Å². The van der Waals surface area contributed by atoms with Crippen molar-refractivity contribution < 1.29 is 19.1 Å². The Morgan fingerprint density at radius 3 is 2.04 bits per heavy atom. The summed E-state index contributed by atoms with van der Waals surface area (Å²) in [4.78, 5) is 25.3. The summed E-state index contributed by atoms with van der Waals surface area (Å²) in [5, 5.41) is 0. The van der Waals surface area contributed by atoms with Gasteiger partial charge in [-0.15, -0.1) is 0 Å². The second kappa shape index (κ2) is 13.1. The number of nitrogens with zero attached hydrogens (tertiary/aromatic N) is 1. The lowest BCUT2D eigenvalue weighted by Gasteiger charge is -2.30. The highest BCUT2D eigenvalue weighted by molar-refractivity contribution is 5.73. The number of amides is 1. The smallest absolute Gasteiger partial charge is 0.409 e. The average molecular weight is 341 g/mol. The Morgan fingerprint density at radius 2 is 1.46 bits per heavy atom. The molecule has 0 aromatic rings. The van der Waals surface area contributed by atoms with E-state index in [2.05, 4.69) is 6.92 Å². The highest BCUT2D eigenvalue weighted by Gasteiger charge is 2.28. The Bertz CT molecular complexity index is 351. The lowest BCUT2D eigenvalue weighted by atomic mass is 9.97. The van der Waals surface area contributed by atoms with E-state index in [1.54, 1.807) is 11.8 Å². The number of carbonyl (C=O) groups is 2. The zero-order valence-electron chi connectivity index (χ0n) is 15.6. The fraction of sp³-hybridized carbons (Fsp3) is 0.895. The van der Waals surface area contributed by atoms with Crippen molar-refractivity contribution in [1.82, 2.24) is 4.90 Å². The maximum absolute atomic E-state index is 12.1. The minimum absolute atomic E-state index is 0.0651. The van der Waals surface area contributed by atoms with Gasteiger partial charge in [-0.3, -0.25) is 4.79 Å². The maximum Gasteiger partial charge on any atom is 0.409 e. The Kier molecular flexibility index (Phi) is 11.3. The maximum atomic E-state index is 12.1. The van der Waals surface area contributed by atoms with Crippen LogP contribution in [0.3, 0.4) is 0 Å². The normalized spacial score (nSPS) is 15.3. The lowest BCUT2D eigenvalue weighted by Crippen LogP contribution is -2.41. The largest absolute Gasteiger partial charge is 0.465 e. The number of unbranched alkanes of at least 4 members (excludes halogenated alkanes) is 7. The molecule has 0 unspecified atom stereocenters. The van der Waals surface area contributed by atoms with Gasteiger partial charge >= 0.3 is 12.1 Å². The molecular weight excluding hydrogens is 306 g/mol. The van der Waals surface area contributed by atoms with Crippen LogP contribution in [-0.2, 0) is 14.3 Å². The standard InChI is InChI=1S/C19H35NO4/c1-3-5-6-7-8-9-10-11-16-24-18(21)17-12-14-20(15-13-17)19(22)23-4-2/h17H,3-16H2,1-2H3. The first-order valence-electron chi connectivity index (χ1n) is 9.77. The Morgan fingerprint density at radius 1 is 0.875 bits per heavy atom. The molecule has 1 rings (SSSR count). The Balaban J connectivity index is 2.01. The predicted octanol–water partition coefficient (Wildman–Crippen LogP) is 4.54. The van der Waals surface area contributed by atoms with Gasteiger partial charge in [0.15, 0.2) is 0 Å². The van der Waals surface area contributed by atoms with E-state index < -0.39 is 0 Å². The van der Waals surface area contributed by atoms with Gasteiger partial charge in [-0.1, -0.05) is 51.9 Å². The van der Waals surface area contributed by atoms with E-state index in [0.29, 0.717) is 39.1 Å². The van der Waals surface area contributed by atoms with Gasteiger partial charge in [-0.2, -0.15) is 0 Å². The minimum atomic E-state index is -0.275. The third-order valence-corrected chi connectivity index (χ3v) is 4.60. The van der Waals surface area contributed by atoms with Crippen molar-refractivity contribution in [3.05, 3.63) is 0 Å². The van der Waals surface area contributed by atoms with Gasteiger partial charge < -0.3 is 14.4 Å². The molecular formula is C19H35NO4. The summed E-state index contributed by atoms with van der Waals surface area (Å²) in [5.74, 6) is -0.161. The Labute approximate surface area is 147 Å². The molecule has 0 saturated carbocycles. The van der Waals surface area contributed by atoms with Crippen molar-refractivity contribution in [2.75, 3.05) is 26.3 Å². The summed E-state index contributed by atoms with van der Waals surface area (Å²) in [7, 11) is 0. The molecule has 0 aliphatic carbocycles. The van der Waals surface area contributed by atoms with Gasteiger partial charge in [0.05, 0.1) is 19.1 Å². The molecule has 1 heterocycles. The highest BCUT2D eigenvalue weighted by atomic mass is 16.6. The fourth-order valence-corrected chi connectivity index (χ4v) is 3.04. The van der Waals surface area contributed by atoms with Crippen molar-refractivity contribution in [2.45, 2.75) is 78.1 Å². The molecule has 140 valence electrons.